The number of hydrogen-bond acceptors (Lipinski definition) is 2. The van der Waals surface area contributed by atoms with Gasteiger partial charge < -0.3 is 4.74 Å². The Labute approximate surface area is 198 Å². The van der Waals surface area contributed by atoms with E-state index in [-0.39, 0.29) is 12.1 Å². The molecule has 0 heterocycles. The summed E-state index contributed by atoms with van der Waals surface area (Å²) in [6, 6.07) is 0. The van der Waals surface area contributed by atoms with Gasteiger partial charge in [0.1, 0.15) is 6.10 Å². The molecular formula is C30H50O2. The lowest BCUT2D eigenvalue weighted by Gasteiger charge is -2.58. The Bertz CT molecular complexity index is 722. The molecule has 0 radical (unpaired) electrons. The summed E-state index contributed by atoms with van der Waals surface area (Å²) in [6.45, 7) is 16.6. The molecule has 4 aliphatic carbocycles. The van der Waals surface area contributed by atoms with Crippen molar-refractivity contribution in [1.82, 2.24) is 0 Å². The van der Waals surface area contributed by atoms with Gasteiger partial charge in [0, 0.05) is 6.92 Å². The minimum absolute atomic E-state index is 0.104. The van der Waals surface area contributed by atoms with Crippen molar-refractivity contribution >= 4 is 5.97 Å². The largest absolute Gasteiger partial charge is 0.463 e. The van der Waals surface area contributed by atoms with Crippen molar-refractivity contribution in [3.05, 3.63) is 11.6 Å². The molecule has 2 heteroatoms. The van der Waals surface area contributed by atoms with E-state index in [0.717, 1.165) is 48.3 Å². The number of ether oxygens (including phenoxy) is 1. The first-order valence-corrected chi connectivity index (χ1v) is 13.9. The van der Waals surface area contributed by atoms with Crippen LogP contribution < -0.4 is 0 Å². The minimum Gasteiger partial charge on any atom is -0.463 e. The highest BCUT2D eigenvalue weighted by atomic mass is 16.5. The Hall–Kier alpha value is -0.790. The SMILES string of the molecule is CC(=O)OC1CCC2(C)C3CCC4(C)C(CCC4[C@H](C)CC[C@H](C)C(C)C)C3=CC[C@H]2C1. The van der Waals surface area contributed by atoms with E-state index in [0.29, 0.717) is 16.7 Å². The lowest BCUT2D eigenvalue weighted by Crippen LogP contribution is -2.50. The summed E-state index contributed by atoms with van der Waals surface area (Å²) in [5.41, 5.74) is 2.79. The summed E-state index contributed by atoms with van der Waals surface area (Å²) in [5.74, 6) is 5.58. The zero-order valence-corrected chi connectivity index (χ0v) is 22.1. The van der Waals surface area contributed by atoms with Crippen molar-refractivity contribution in [3.63, 3.8) is 0 Å². The lowest BCUT2D eigenvalue weighted by atomic mass is 9.47. The third-order valence-electron chi connectivity index (χ3n) is 11.3. The smallest absolute Gasteiger partial charge is 0.302 e. The van der Waals surface area contributed by atoms with Crippen LogP contribution in [0.15, 0.2) is 11.6 Å². The average Bonchev–Trinajstić information content (AvgIpc) is 3.08. The first-order valence-electron chi connectivity index (χ1n) is 13.9. The van der Waals surface area contributed by atoms with E-state index >= 15 is 0 Å². The highest BCUT2D eigenvalue weighted by molar-refractivity contribution is 5.66. The van der Waals surface area contributed by atoms with Gasteiger partial charge >= 0.3 is 5.97 Å². The van der Waals surface area contributed by atoms with E-state index in [1.54, 1.807) is 6.92 Å². The molecule has 3 fully saturated rings. The molecule has 4 rings (SSSR count). The summed E-state index contributed by atoms with van der Waals surface area (Å²) in [7, 11) is 0. The van der Waals surface area contributed by atoms with E-state index in [9.17, 15) is 4.79 Å². The fraction of sp³-hybridized carbons (Fsp3) is 0.900. The molecule has 182 valence electrons. The summed E-state index contributed by atoms with van der Waals surface area (Å²) in [5, 5.41) is 0. The van der Waals surface area contributed by atoms with Crippen LogP contribution in [0.5, 0.6) is 0 Å². The second-order valence-corrected chi connectivity index (χ2v) is 13.3. The second-order valence-electron chi connectivity index (χ2n) is 13.3. The van der Waals surface area contributed by atoms with Gasteiger partial charge in [-0.2, -0.15) is 0 Å². The minimum atomic E-state index is -0.104. The predicted octanol–water partition coefficient (Wildman–Crippen LogP) is 8.21. The monoisotopic (exact) mass is 442 g/mol. The molecule has 2 nitrogen and oxygen atoms in total. The number of hydrogen-bond donors (Lipinski definition) is 0. The molecule has 0 amide bonds. The maximum absolute atomic E-state index is 11.5. The molecule has 0 aliphatic heterocycles. The van der Waals surface area contributed by atoms with Crippen LogP contribution in [0, 0.1) is 52.3 Å². The maximum Gasteiger partial charge on any atom is 0.302 e. The molecule has 0 saturated heterocycles. The molecule has 0 aromatic carbocycles. The molecule has 32 heavy (non-hydrogen) atoms. The summed E-state index contributed by atoms with van der Waals surface area (Å²) in [6.07, 6.45) is 15.9. The van der Waals surface area contributed by atoms with Crippen LogP contribution in [0.3, 0.4) is 0 Å². The average molecular weight is 443 g/mol. The molecule has 0 bridgehead atoms. The van der Waals surface area contributed by atoms with Crippen LogP contribution in [0.2, 0.25) is 0 Å². The van der Waals surface area contributed by atoms with Gasteiger partial charge in [0.25, 0.3) is 0 Å². The van der Waals surface area contributed by atoms with E-state index in [2.05, 4.69) is 47.6 Å². The van der Waals surface area contributed by atoms with Crippen LogP contribution in [-0.2, 0) is 9.53 Å². The normalized spacial score (nSPS) is 43.0. The summed E-state index contributed by atoms with van der Waals surface area (Å²) >= 11 is 0. The Kier molecular flexibility index (Phi) is 6.92. The number of rotatable bonds is 6. The van der Waals surface area contributed by atoms with Gasteiger partial charge in [-0.05, 0) is 104 Å². The molecule has 0 spiro atoms. The van der Waals surface area contributed by atoms with Crippen molar-refractivity contribution in [2.24, 2.45) is 52.3 Å². The summed E-state index contributed by atoms with van der Waals surface area (Å²) < 4.78 is 5.64. The van der Waals surface area contributed by atoms with Crippen LogP contribution in [-0.4, -0.2) is 12.1 Å². The fourth-order valence-corrected chi connectivity index (χ4v) is 8.85. The summed E-state index contributed by atoms with van der Waals surface area (Å²) in [4.78, 5) is 11.5. The first-order chi connectivity index (χ1) is 15.1. The molecule has 0 aromatic heterocycles. The first kappa shape index (κ1) is 24.3. The van der Waals surface area contributed by atoms with E-state index in [1.165, 1.54) is 51.4 Å². The van der Waals surface area contributed by atoms with Gasteiger partial charge in [-0.3, -0.25) is 4.79 Å². The molecular weight excluding hydrogens is 392 g/mol. The van der Waals surface area contributed by atoms with Crippen molar-refractivity contribution in [2.45, 2.75) is 119 Å². The zero-order chi connectivity index (χ0) is 23.3. The van der Waals surface area contributed by atoms with Crippen molar-refractivity contribution in [2.75, 3.05) is 0 Å². The van der Waals surface area contributed by atoms with E-state index in [4.69, 9.17) is 4.74 Å². The van der Waals surface area contributed by atoms with Gasteiger partial charge in [0.2, 0.25) is 0 Å². The maximum atomic E-state index is 11.5. The molecule has 6 unspecified atom stereocenters. The standard InChI is InChI=1S/C30H50O2/c1-19(2)20(3)8-9-21(4)26-12-13-27-25-11-10-23-18-24(32-22(5)31)14-16-29(23,6)28(25)15-17-30(26,27)7/h11,19-21,23-24,26-28H,8-10,12-18H2,1-7H3/t20-,21+,23-,24?,26?,27?,28?,29?,30?/m0/s1. The fourth-order valence-electron chi connectivity index (χ4n) is 8.85. The van der Waals surface area contributed by atoms with Crippen LogP contribution in [0.1, 0.15) is 113 Å². The highest BCUT2D eigenvalue weighted by Crippen LogP contribution is 2.67. The number of esters is 1. The van der Waals surface area contributed by atoms with Crippen molar-refractivity contribution in [3.8, 4) is 0 Å². The van der Waals surface area contributed by atoms with Crippen molar-refractivity contribution < 1.29 is 9.53 Å². The third kappa shape index (κ3) is 4.22. The van der Waals surface area contributed by atoms with Gasteiger partial charge in [0.05, 0.1) is 0 Å². The number of fused-ring (bicyclic) bond motifs is 5. The quantitative estimate of drug-likeness (QED) is 0.306. The van der Waals surface area contributed by atoms with Crippen molar-refractivity contribution in [1.29, 1.82) is 0 Å². The highest BCUT2D eigenvalue weighted by Gasteiger charge is 2.58. The molecule has 4 aliphatic rings. The van der Waals surface area contributed by atoms with Crippen LogP contribution in [0.4, 0.5) is 0 Å². The van der Waals surface area contributed by atoms with E-state index < -0.39 is 0 Å². The Morgan fingerprint density at radius 2 is 1.69 bits per heavy atom. The van der Waals surface area contributed by atoms with Gasteiger partial charge in [-0.1, -0.05) is 66.0 Å². The number of allylic oxidation sites excluding steroid dienone is 2. The molecule has 0 aromatic rings. The zero-order valence-electron chi connectivity index (χ0n) is 22.1. The predicted molar refractivity (Wildman–Crippen MR) is 133 cm³/mol. The molecule has 3 saturated carbocycles. The van der Waals surface area contributed by atoms with Gasteiger partial charge in [0.15, 0.2) is 0 Å². The third-order valence-corrected chi connectivity index (χ3v) is 11.3. The van der Waals surface area contributed by atoms with Crippen LogP contribution >= 0.6 is 0 Å². The van der Waals surface area contributed by atoms with Crippen LogP contribution in [0.25, 0.3) is 0 Å². The second kappa shape index (κ2) is 9.10. The lowest BCUT2D eigenvalue weighted by molar-refractivity contribution is -0.152. The topological polar surface area (TPSA) is 26.3 Å². The number of carbonyl (C=O) groups is 1. The number of carbonyl (C=O) groups excluding carboxylic acids is 1. The Morgan fingerprint density at radius 1 is 1.00 bits per heavy atom. The van der Waals surface area contributed by atoms with E-state index in [1.807, 2.05) is 5.57 Å². The Balaban J connectivity index is 1.47. The molecule has 9 atom stereocenters. The van der Waals surface area contributed by atoms with Gasteiger partial charge in [-0.15, -0.1) is 0 Å². The molecule has 0 N–H and O–H groups in total. The Morgan fingerprint density at radius 3 is 2.38 bits per heavy atom. The van der Waals surface area contributed by atoms with Gasteiger partial charge in [-0.25, -0.2) is 0 Å².